The molecule has 0 radical (unpaired) electrons. The Hall–Kier alpha value is 0.310. The lowest BCUT2D eigenvalue weighted by Gasteiger charge is -2.18. The third-order valence-electron chi connectivity index (χ3n) is 3.98. The van der Waals surface area contributed by atoms with Crippen LogP contribution in [-0.4, -0.2) is 24.1 Å². The van der Waals surface area contributed by atoms with Gasteiger partial charge in [0.25, 0.3) is 0 Å². The van der Waals surface area contributed by atoms with Crippen molar-refractivity contribution in [2.24, 2.45) is 11.8 Å². The molecule has 2 rings (SSSR count). The molecule has 2 aliphatic rings. The van der Waals surface area contributed by atoms with Crippen LogP contribution >= 0.6 is 11.8 Å². The van der Waals surface area contributed by atoms with E-state index in [0.717, 1.165) is 17.9 Å². The molecular weight excluding hydrogens is 202 g/mol. The third kappa shape index (κ3) is 3.99. The number of hydrogen-bond acceptors (Lipinski definition) is 2. The van der Waals surface area contributed by atoms with Crippen molar-refractivity contribution in [2.45, 2.75) is 51.5 Å². The van der Waals surface area contributed by atoms with Gasteiger partial charge in [-0.2, -0.15) is 11.8 Å². The largest absolute Gasteiger partial charge is 0.314 e. The SMILES string of the molecule is CC1CCCC(NCC2CCSC2)CC1. The van der Waals surface area contributed by atoms with E-state index in [2.05, 4.69) is 24.0 Å². The van der Waals surface area contributed by atoms with Crippen LogP contribution in [0.15, 0.2) is 0 Å². The number of hydrogen-bond donors (Lipinski definition) is 1. The second-order valence-corrected chi connectivity index (χ2v) is 6.60. The van der Waals surface area contributed by atoms with Crippen LogP contribution in [0, 0.1) is 11.8 Å². The Morgan fingerprint density at radius 2 is 2.07 bits per heavy atom. The minimum absolute atomic E-state index is 0.834. The molecule has 3 atom stereocenters. The first kappa shape index (κ1) is 11.8. The van der Waals surface area contributed by atoms with E-state index in [1.54, 1.807) is 0 Å². The highest BCUT2D eigenvalue weighted by Crippen LogP contribution is 2.25. The quantitative estimate of drug-likeness (QED) is 0.743. The second kappa shape index (κ2) is 6.15. The average molecular weight is 227 g/mol. The summed E-state index contributed by atoms with van der Waals surface area (Å²) in [6.07, 6.45) is 8.62. The minimum atomic E-state index is 0.834. The average Bonchev–Trinajstić information content (AvgIpc) is 2.66. The van der Waals surface area contributed by atoms with Crippen LogP contribution in [-0.2, 0) is 0 Å². The van der Waals surface area contributed by atoms with Crippen LogP contribution in [0.1, 0.15) is 45.4 Å². The summed E-state index contributed by atoms with van der Waals surface area (Å²) in [6, 6.07) is 0.834. The lowest BCUT2D eigenvalue weighted by atomic mass is 10.0. The van der Waals surface area contributed by atoms with Crippen molar-refractivity contribution in [2.75, 3.05) is 18.1 Å². The molecule has 3 unspecified atom stereocenters. The topological polar surface area (TPSA) is 12.0 Å². The molecule has 1 N–H and O–H groups in total. The maximum atomic E-state index is 3.81. The first-order valence-electron chi connectivity index (χ1n) is 6.65. The first-order valence-corrected chi connectivity index (χ1v) is 7.81. The number of rotatable bonds is 3. The Kier molecular flexibility index (Phi) is 4.83. The van der Waals surface area contributed by atoms with E-state index in [9.17, 15) is 0 Å². The van der Waals surface area contributed by atoms with Crippen molar-refractivity contribution in [3.8, 4) is 0 Å². The van der Waals surface area contributed by atoms with Crippen LogP contribution in [0.2, 0.25) is 0 Å². The van der Waals surface area contributed by atoms with Crippen LogP contribution in [0.3, 0.4) is 0 Å². The fourth-order valence-electron chi connectivity index (χ4n) is 2.77. The monoisotopic (exact) mass is 227 g/mol. The molecule has 0 aromatic carbocycles. The Labute approximate surface area is 98.8 Å². The smallest absolute Gasteiger partial charge is 0.00672 e. The lowest BCUT2D eigenvalue weighted by molar-refractivity contribution is 0.411. The summed E-state index contributed by atoms with van der Waals surface area (Å²) < 4.78 is 0. The highest BCUT2D eigenvalue weighted by Gasteiger charge is 2.19. The van der Waals surface area contributed by atoms with Crippen molar-refractivity contribution in [3.63, 3.8) is 0 Å². The van der Waals surface area contributed by atoms with E-state index in [4.69, 9.17) is 0 Å². The molecular formula is C13H25NS. The molecule has 15 heavy (non-hydrogen) atoms. The standard InChI is InChI=1S/C13H25NS/c1-11-3-2-4-13(6-5-11)14-9-12-7-8-15-10-12/h11-14H,2-10H2,1H3. The number of thioether (sulfide) groups is 1. The van der Waals surface area contributed by atoms with Crippen LogP contribution < -0.4 is 5.32 Å². The molecule has 0 bridgehead atoms. The first-order chi connectivity index (χ1) is 7.34. The summed E-state index contributed by atoms with van der Waals surface area (Å²) in [5, 5.41) is 3.81. The Bertz CT molecular complexity index is 177. The minimum Gasteiger partial charge on any atom is -0.314 e. The third-order valence-corrected chi connectivity index (χ3v) is 5.21. The summed E-state index contributed by atoms with van der Waals surface area (Å²) in [7, 11) is 0. The molecule has 1 saturated carbocycles. The summed E-state index contributed by atoms with van der Waals surface area (Å²) in [6.45, 7) is 3.70. The Morgan fingerprint density at radius 1 is 1.13 bits per heavy atom. The zero-order valence-electron chi connectivity index (χ0n) is 10.0. The van der Waals surface area contributed by atoms with Crippen LogP contribution in [0.5, 0.6) is 0 Å². The van der Waals surface area contributed by atoms with Crippen molar-refractivity contribution in [1.82, 2.24) is 5.32 Å². The van der Waals surface area contributed by atoms with Crippen molar-refractivity contribution in [3.05, 3.63) is 0 Å². The fraction of sp³-hybridized carbons (Fsp3) is 1.00. The van der Waals surface area contributed by atoms with Gasteiger partial charge in [-0.25, -0.2) is 0 Å². The highest BCUT2D eigenvalue weighted by molar-refractivity contribution is 7.99. The summed E-state index contributed by atoms with van der Waals surface area (Å²) >= 11 is 2.13. The lowest BCUT2D eigenvalue weighted by Crippen LogP contribution is -2.33. The van der Waals surface area contributed by atoms with Gasteiger partial charge >= 0.3 is 0 Å². The van der Waals surface area contributed by atoms with Gasteiger partial charge in [0.15, 0.2) is 0 Å². The summed E-state index contributed by atoms with van der Waals surface area (Å²) in [5.41, 5.74) is 0. The molecule has 1 nitrogen and oxygen atoms in total. The van der Waals surface area contributed by atoms with E-state index in [1.807, 2.05) is 0 Å². The van der Waals surface area contributed by atoms with E-state index >= 15 is 0 Å². The molecule has 2 fully saturated rings. The Morgan fingerprint density at radius 3 is 2.87 bits per heavy atom. The van der Waals surface area contributed by atoms with Gasteiger partial charge in [0.2, 0.25) is 0 Å². The van der Waals surface area contributed by atoms with Gasteiger partial charge in [-0.05, 0) is 55.6 Å². The highest BCUT2D eigenvalue weighted by atomic mass is 32.2. The van der Waals surface area contributed by atoms with Gasteiger partial charge in [0.1, 0.15) is 0 Å². The van der Waals surface area contributed by atoms with Crippen LogP contribution in [0.4, 0.5) is 0 Å². The Balaban J connectivity index is 1.64. The molecule has 1 saturated heterocycles. The zero-order chi connectivity index (χ0) is 10.5. The van der Waals surface area contributed by atoms with E-state index in [1.165, 1.54) is 56.6 Å². The van der Waals surface area contributed by atoms with Gasteiger partial charge < -0.3 is 5.32 Å². The maximum absolute atomic E-state index is 3.81. The maximum Gasteiger partial charge on any atom is 0.00672 e. The van der Waals surface area contributed by atoms with E-state index in [0.29, 0.717) is 0 Å². The van der Waals surface area contributed by atoms with Crippen LogP contribution in [0.25, 0.3) is 0 Å². The van der Waals surface area contributed by atoms with Gasteiger partial charge in [-0.15, -0.1) is 0 Å². The zero-order valence-corrected chi connectivity index (χ0v) is 10.8. The fourth-order valence-corrected chi connectivity index (χ4v) is 4.05. The van der Waals surface area contributed by atoms with Gasteiger partial charge in [0, 0.05) is 6.04 Å². The molecule has 0 aromatic rings. The molecule has 1 aliphatic heterocycles. The van der Waals surface area contributed by atoms with Gasteiger partial charge in [0.05, 0.1) is 0 Å². The molecule has 1 heterocycles. The summed E-state index contributed by atoms with van der Waals surface area (Å²) in [4.78, 5) is 0. The molecule has 0 amide bonds. The molecule has 2 heteroatoms. The van der Waals surface area contributed by atoms with Gasteiger partial charge in [-0.3, -0.25) is 0 Å². The second-order valence-electron chi connectivity index (χ2n) is 5.45. The van der Waals surface area contributed by atoms with Crippen molar-refractivity contribution >= 4 is 11.8 Å². The molecule has 0 spiro atoms. The molecule has 1 aliphatic carbocycles. The van der Waals surface area contributed by atoms with E-state index < -0.39 is 0 Å². The van der Waals surface area contributed by atoms with Crippen molar-refractivity contribution < 1.29 is 0 Å². The van der Waals surface area contributed by atoms with Gasteiger partial charge in [-0.1, -0.05) is 19.8 Å². The predicted molar refractivity (Wildman–Crippen MR) is 69.5 cm³/mol. The molecule has 88 valence electrons. The normalized spacial score (nSPS) is 37.8. The number of nitrogens with one attached hydrogen (secondary N) is 1. The van der Waals surface area contributed by atoms with E-state index in [-0.39, 0.29) is 0 Å². The predicted octanol–water partition coefficient (Wildman–Crippen LogP) is 3.30. The molecule has 0 aromatic heterocycles. The summed E-state index contributed by atoms with van der Waals surface area (Å²) in [5.74, 6) is 4.74. The van der Waals surface area contributed by atoms with Crippen molar-refractivity contribution in [1.29, 1.82) is 0 Å².